The van der Waals surface area contributed by atoms with Gasteiger partial charge in [0, 0.05) is 5.39 Å². The van der Waals surface area contributed by atoms with Crippen LogP contribution in [0.1, 0.15) is 16.8 Å². The van der Waals surface area contributed by atoms with Gasteiger partial charge in [-0.05, 0) is 30.6 Å². The fourth-order valence-electron chi connectivity index (χ4n) is 2.17. The van der Waals surface area contributed by atoms with Crippen LogP contribution in [0.4, 0.5) is 0 Å². The van der Waals surface area contributed by atoms with Crippen molar-refractivity contribution in [1.29, 1.82) is 0 Å². The SMILES string of the molecule is COc1cccc2cc(C(=O)NC(CCSC)C(=O)O)c(=O)oc12. The Morgan fingerprint density at radius 1 is 1.42 bits per heavy atom. The van der Waals surface area contributed by atoms with Gasteiger partial charge in [0.15, 0.2) is 11.3 Å². The smallest absolute Gasteiger partial charge is 0.349 e. The van der Waals surface area contributed by atoms with Crippen molar-refractivity contribution in [3.05, 3.63) is 40.2 Å². The van der Waals surface area contributed by atoms with Crippen LogP contribution >= 0.6 is 11.8 Å². The summed E-state index contributed by atoms with van der Waals surface area (Å²) in [7, 11) is 1.44. The fourth-order valence-corrected chi connectivity index (χ4v) is 2.64. The third-order valence-corrected chi connectivity index (χ3v) is 4.05. The van der Waals surface area contributed by atoms with Gasteiger partial charge in [-0.3, -0.25) is 4.79 Å². The van der Waals surface area contributed by atoms with Crippen molar-refractivity contribution in [3.8, 4) is 5.75 Å². The standard InChI is InChI=1S/C16H17NO6S/c1-22-12-5-3-4-9-8-10(16(21)23-13(9)12)14(18)17-11(15(19)20)6-7-24-2/h3-5,8,11H,6-7H2,1-2H3,(H,17,18)(H,19,20). The molecule has 1 aromatic heterocycles. The Bertz CT molecular complexity index is 816. The van der Waals surface area contributed by atoms with Crippen LogP contribution in [0.3, 0.4) is 0 Å². The van der Waals surface area contributed by atoms with Crippen LogP contribution in [0.15, 0.2) is 33.5 Å². The molecule has 0 aliphatic carbocycles. The Morgan fingerprint density at radius 2 is 2.17 bits per heavy atom. The minimum atomic E-state index is -1.15. The first kappa shape index (κ1) is 17.9. The lowest BCUT2D eigenvalue weighted by atomic mass is 10.1. The molecule has 0 saturated carbocycles. The number of hydrogen-bond acceptors (Lipinski definition) is 6. The fraction of sp³-hybridized carbons (Fsp3) is 0.312. The van der Waals surface area contributed by atoms with Crippen LogP contribution < -0.4 is 15.7 Å². The summed E-state index contributed by atoms with van der Waals surface area (Å²) >= 11 is 1.47. The number of thioether (sulfide) groups is 1. The summed E-state index contributed by atoms with van der Waals surface area (Å²) < 4.78 is 10.3. The quantitative estimate of drug-likeness (QED) is 0.732. The maximum atomic E-state index is 12.3. The number of amides is 1. The Kier molecular flexibility index (Phi) is 5.86. The van der Waals surface area contributed by atoms with E-state index in [1.54, 1.807) is 18.2 Å². The number of hydrogen-bond donors (Lipinski definition) is 2. The highest BCUT2D eigenvalue weighted by molar-refractivity contribution is 7.98. The van der Waals surface area contributed by atoms with Gasteiger partial charge in [-0.15, -0.1) is 0 Å². The lowest BCUT2D eigenvalue weighted by molar-refractivity contribution is -0.139. The molecule has 0 bridgehead atoms. The van der Waals surface area contributed by atoms with E-state index in [0.717, 1.165) is 0 Å². The number of carboxylic acids is 1. The molecule has 7 nitrogen and oxygen atoms in total. The molecule has 0 saturated heterocycles. The molecule has 128 valence electrons. The van der Waals surface area contributed by atoms with Gasteiger partial charge in [0.25, 0.3) is 5.91 Å². The molecule has 0 spiro atoms. The summed E-state index contributed by atoms with van der Waals surface area (Å²) in [6.45, 7) is 0. The molecular weight excluding hydrogens is 334 g/mol. The molecule has 2 rings (SSSR count). The molecule has 8 heteroatoms. The summed E-state index contributed by atoms with van der Waals surface area (Å²) in [5, 5.41) is 12.0. The summed E-state index contributed by atoms with van der Waals surface area (Å²) in [6.07, 6.45) is 2.10. The lowest BCUT2D eigenvalue weighted by Crippen LogP contribution is -2.42. The van der Waals surface area contributed by atoms with Crippen molar-refractivity contribution in [3.63, 3.8) is 0 Å². The Labute approximate surface area is 142 Å². The second kappa shape index (κ2) is 7.87. The van der Waals surface area contributed by atoms with Gasteiger partial charge in [-0.1, -0.05) is 12.1 Å². The van der Waals surface area contributed by atoms with E-state index in [4.69, 9.17) is 14.3 Å². The molecule has 1 atom stereocenters. The normalized spacial score (nSPS) is 11.9. The molecule has 1 heterocycles. The van der Waals surface area contributed by atoms with E-state index in [-0.39, 0.29) is 17.6 Å². The van der Waals surface area contributed by atoms with E-state index in [0.29, 0.717) is 16.9 Å². The third kappa shape index (κ3) is 3.88. The number of methoxy groups -OCH3 is 1. The summed E-state index contributed by atoms with van der Waals surface area (Å²) in [4.78, 5) is 35.6. The first-order valence-electron chi connectivity index (χ1n) is 7.11. The average molecular weight is 351 g/mol. The largest absolute Gasteiger partial charge is 0.493 e. The van der Waals surface area contributed by atoms with Gasteiger partial charge in [0.2, 0.25) is 0 Å². The predicted molar refractivity (Wildman–Crippen MR) is 90.9 cm³/mol. The maximum Gasteiger partial charge on any atom is 0.349 e. The Balaban J connectivity index is 2.34. The zero-order valence-electron chi connectivity index (χ0n) is 13.2. The molecule has 0 radical (unpaired) electrons. The molecule has 1 unspecified atom stereocenters. The number of aliphatic carboxylic acids is 1. The first-order valence-corrected chi connectivity index (χ1v) is 8.50. The molecule has 24 heavy (non-hydrogen) atoms. The monoisotopic (exact) mass is 351 g/mol. The van der Waals surface area contributed by atoms with E-state index in [1.165, 1.54) is 24.9 Å². The molecule has 0 aliphatic rings. The molecule has 2 aromatic rings. The van der Waals surface area contributed by atoms with E-state index in [9.17, 15) is 14.4 Å². The Hall–Kier alpha value is -2.48. The van der Waals surface area contributed by atoms with Crippen molar-refractivity contribution < 1.29 is 23.8 Å². The third-order valence-electron chi connectivity index (χ3n) is 3.40. The maximum absolute atomic E-state index is 12.3. The molecular formula is C16H17NO6S. The molecule has 1 amide bonds. The van der Waals surface area contributed by atoms with Crippen molar-refractivity contribution in [2.45, 2.75) is 12.5 Å². The topological polar surface area (TPSA) is 106 Å². The number of carbonyl (C=O) groups excluding carboxylic acids is 1. The number of rotatable bonds is 7. The van der Waals surface area contributed by atoms with Gasteiger partial charge in [-0.2, -0.15) is 11.8 Å². The van der Waals surface area contributed by atoms with Crippen LogP contribution in [-0.4, -0.2) is 42.1 Å². The molecule has 0 aliphatic heterocycles. The van der Waals surface area contributed by atoms with Crippen molar-refractivity contribution in [2.75, 3.05) is 19.1 Å². The second-order valence-electron chi connectivity index (χ2n) is 4.97. The van der Waals surface area contributed by atoms with Gasteiger partial charge in [0.1, 0.15) is 11.6 Å². The lowest BCUT2D eigenvalue weighted by Gasteiger charge is -2.13. The highest BCUT2D eigenvalue weighted by Gasteiger charge is 2.23. The number of nitrogens with one attached hydrogen (secondary N) is 1. The zero-order valence-corrected chi connectivity index (χ0v) is 14.0. The average Bonchev–Trinajstić information content (AvgIpc) is 2.56. The predicted octanol–water partition coefficient (Wildman–Crippen LogP) is 1.74. The minimum absolute atomic E-state index is 0.235. The molecule has 1 aromatic carbocycles. The highest BCUT2D eigenvalue weighted by atomic mass is 32.2. The van der Waals surface area contributed by atoms with Crippen LogP contribution in [0.25, 0.3) is 11.0 Å². The van der Waals surface area contributed by atoms with E-state index in [2.05, 4.69) is 5.32 Å². The van der Waals surface area contributed by atoms with Crippen LogP contribution in [0, 0.1) is 0 Å². The first-order chi connectivity index (χ1) is 11.5. The number of ether oxygens (including phenoxy) is 1. The van der Waals surface area contributed by atoms with Crippen LogP contribution in [-0.2, 0) is 4.79 Å². The van der Waals surface area contributed by atoms with Crippen LogP contribution in [0.2, 0.25) is 0 Å². The van der Waals surface area contributed by atoms with E-state index >= 15 is 0 Å². The summed E-state index contributed by atoms with van der Waals surface area (Å²) in [6, 6.07) is 5.30. The number of para-hydroxylation sites is 1. The number of carboxylic acid groups (broad SMARTS) is 1. The second-order valence-corrected chi connectivity index (χ2v) is 5.96. The van der Waals surface area contributed by atoms with Crippen molar-refractivity contribution >= 4 is 34.6 Å². The van der Waals surface area contributed by atoms with Crippen molar-refractivity contribution in [2.24, 2.45) is 0 Å². The zero-order chi connectivity index (χ0) is 17.7. The van der Waals surface area contributed by atoms with E-state index < -0.39 is 23.5 Å². The summed E-state index contributed by atoms with van der Waals surface area (Å²) in [5.74, 6) is -0.980. The molecule has 2 N–H and O–H groups in total. The summed E-state index contributed by atoms with van der Waals surface area (Å²) in [5.41, 5.74) is -0.858. The number of carbonyl (C=O) groups is 2. The Morgan fingerprint density at radius 3 is 2.79 bits per heavy atom. The van der Waals surface area contributed by atoms with Gasteiger partial charge < -0.3 is 19.6 Å². The van der Waals surface area contributed by atoms with Crippen molar-refractivity contribution in [1.82, 2.24) is 5.32 Å². The highest BCUT2D eigenvalue weighted by Crippen LogP contribution is 2.24. The minimum Gasteiger partial charge on any atom is -0.493 e. The van der Waals surface area contributed by atoms with Gasteiger partial charge >= 0.3 is 11.6 Å². The number of fused-ring (bicyclic) bond motifs is 1. The molecule has 0 fully saturated rings. The van der Waals surface area contributed by atoms with Crippen LogP contribution in [0.5, 0.6) is 5.75 Å². The van der Waals surface area contributed by atoms with E-state index in [1.807, 2.05) is 6.26 Å². The van der Waals surface area contributed by atoms with Gasteiger partial charge in [-0.25, -0.2) is 9.59 Å². The van der Waals surface area contributed by atoms with Gasteiger partial charge in [0.05, 0.1) is 7.11 Å². The number of benzene rings is 1.